The fourth-order valence-electron chi connectivity index (χ4n) is 2.34. The summed E-state index contributed by atoms with van der Waals surface area (Å²) in [5.74, 6) is -1.01. The zero-order valence-electron chi connectivity index (χ0n) is 13.8. The molecule has 0 atom stereocenters. The maximum absolute atomic E-state index is 13.0. The molecular weight excluding hydrogens is 435 g/mol. The van der Waals surface area contributed by atoms with Crippen LogP contribution in [0.15, 0.2) is 82.2 Å². The lowest BCUT2D eigenvalue weighted by molar-refractivity contribution is 0.102. The predicted octanol–water partition coefficient (Wildman–Crippen LogP) is 4.64. The van der Waals surface area contributed by atoms with Gasteiger partial charge in [-0.05, 0) is 64.5 Å². The van der Waals surface area contributed by atoms with E-state index in [9.17, 15) is 17.6 Å². The molecule has 0 aliphatic heterocycles. The Hall–Kier alpha value is -2.71. The van der Waals surface area contributed by atoms with E-state index in [2.05, 4.69) is 26.0 Å². The first-order valence-corrected chi connectivity index (χ1v) is 10.1. The van der Waals surface area contributed by atoms with Gasteiger partial charge in [-0.3, -0.25) is 9.52 Å². The fraction of sp³-hybridized carbons (Fsp3) is 0. The van der Waals surface area contributed by atoms with Crippen LogP contribution in [-0.2, 0) is 10.0 Å². The molecule has 0 spiro atoms. The van der Waals surface area contributed by atoms with E-state index < -0.39 is 21.7 Å². The van der Waals surface area contributed by atoms with Gasteiger partial charge in [0.05, 0.1) is 21.8 Å². The molecule has 2 N–H and O–H groups in total. The van der Waals surface area contributed by atoms with Crippen LogP contribution >= 0.6 is 15.9 Å². The number of hydrogen-bond acceptors (Lipinski definition) is 3. The normalized spacial score (nSPS) is 11.0. The average Bonchev–Trinajstić information content (AvgIpc) is 2.64. The van der Waals surface area contributed by atoms with E-state index in [-0.39, 0.29) is 16.1 Å². The van der Waals surface area contributed by atoms with Crippen LogP contribution in [0.5, 0.6) is 0 Å². The van der Waals surface area contributed by atoms with Crippen molar-refractivity contribution in [2.75, 3.05) is 10.0 Å². The first kappa shape index (κ1) is 19.1. The van der Waals surface area contributed by atoms with Gasteiger partial charge in [0, 0.05) is 4.47 Å². The van der Waals surface area contributed by atoms with E-state index >= 15 is 0 Å². The first-order valence-electron chi connectivity index (χ1n) is 7.80. The van der Waals surface area contributed by atoms with E-state index in [1.165, 1.54) is 12.1 Å². The molecule has 0 fully saturated rings. The molecule has 0 aliphatic carbocycles. The number of amides is 1. The molecule has 0 aromatic heterocycles. The molecule has 0 bridgehead atoms. The molecule has 0 radical (unpaired) electrons. The molecule has 3 rings (SSSR count). The van der Waals surface area contributed by atoms with E-state index in [1.807, 2.05) is 6.07 Å². The lowest BCUT2D eigenvalue weighted by Crippen LogP contribution is -2.18. The van der Waals surface area contributed by atoms with Crippen molar-refractivity contribution >= 4 is 43.2 Å². The number of carbonyl (C=O) groups excluding carboxylic acids is 1. The molecule has 3 aromatic rings. The Labute approximate surface area is 164 Å². The Balaban J connectivity index is 1.89. The maximum atomic E-state index is 13.0. The van der Waals surface area contributed by atoms with Gasteiger partial charge in [-0.25, -0.2) is 12.8 Å². The summed E-state index contributed by atoms with van der Waals surface area (Å²) in [5, 5.41) is 2.73. The quantitative estimate of drug-likeness (QED) is 0.596. The van der Waals surface area contributed by atoms with Crippen LogP contribution in [-0.4, -0.2) is 14.3 Å². The topological polar surface area (TPSA) is 75.3 Å². The standard InChI is InChI=1S/C19H14BrFN2O3S/c20-16-6-2-4-8-18(16)22-19(24)15-5-1-3-7-17(15)23-27(25,26)14-11-9-13(21)10-12-14/h1-12,23H,(H,22,24). The highest BCUT2D eigenvalue weighted by Crippen LogP contribution is 2.25. The Morgan fingerprint density at radius 3 is 2.11 bits per heavy atom. The second-order valence-corrected chi connectivity index (χ2v) is 8.08. The molecule has 0 aliphatic rings. The van der Waals surface area contributed by atoms with E-state index in [1.54, 1.807) is 30.3 Å². The SMILES string of the molecule is O=C(Nc1ccccc1Br)c1ccccc1NS(=O)(=O)c1ccc(F)cc1. The van der Waals surface area contributed by atoms with E-state index in [0.717, 1.165) is 24.3 Å². The Bertz CT molecular complexity index is 1090. The van der Waals surface area contributed by atoms with Gasteiger partial charge in [0.2, 0.25) is 0 Å². The molecule has 0 heterocycles. The van der Waals surface area contributed by atoms with Gasteiger partial charge < -0.3 is 5.32 Å². The Morgan fingerprint density at radius 1 is 0.852 bits per heavy atom. The number of nitrogens with one attached hydrogen (secondary N) is 2. The zero-order chi connectivity index (χ0) is 19.4. The van der Waals surface area contributed by atoms with Crippen molar-refractivity contribution in [2.45, 2.75) is 4.90 Å². The van der Waals surface area contributed by atoms with E-state index in [0.29, 0.717) is 10.2 Å². The van der Waals surface area contributed by atoms with Gasteiger partial charge in [-0.2, -0.15) is 0 Å². The molecule has 27 heavy (non-hydrogen) atoms. The molecule has 8 heteroatoms. The van der Waals surface area contributed by atoms with Crippen molar-refractivity contribution in [2.24, 2.45) is 0 Å². The number of para-hydroxylation sites is 2. The van der Waals surface area contributed by atoms with Gasteiger partial charge in [-0.15, -0.1) is 0 Å². The summed E-state index contributed by atoms with van der Waals surface area (Å²) in [6.07, 6.45) is 0. The van der Waals surface area contributed by atoms with Crippen LogP contribution in [0.3, 0.4) is 0 Å². The summed E-state index contributed by atoms with van der Waals surface area (Å²) in [5.41, 5.74) is 0.823. The highest BCUT2D eigenvalue weighted by molar-refractivity contribution is 9.10. The van der Waals surface area contributed by atoms with Crippen LogP contribution in [0.1, 0.15) is 10.4 Å². The second kappa shape index (κ2) is 7.89. The van der Waals surface area contributed by atoms with E-state index in [4.69, 9.17) is 0 Å². The molecule has 0 unspecified atom stereocenters. The molecular formula is C19H14BrFN2O3S. The van der Waals surface area contributed by atoms with Crippen molar-refractivity contribution in [3.8, 4) is 0 Å². The fourth-order valence-corrected chi connectivity index (χ4v) is 3.80. The lowest BCUT2D eigenvalue weighted by atomic mass is 10.1. The molecule has 3 aromatic carbocycles. The highest BCUT2D eigenvalue weighted by atomic mass is 79.9. The van der Waals surface area contributed by atoms with Crippen molar-refractivity contribution in [3.63, 3.8) is 0 Å². The molecule has 0 saturated carbocycles. The number of sulfonamides is 1. The summed E-state index contributed by atoms with van der Waals surface area (Å²) in [7, 11) is -3.97. The third kappa shape index (κ3) is 4.53. The van der Waals surface area contributed by atoms with Gasteiger partial charge in [0.1, 0.15) is 5.82 Å². The van der Waals surface area contributed by atoms with Gasteiger partial charge in [-0.1, -0.05) is 24.3 Å². The minimum absolute atomic E-state index is 0.107. The summed E-state index contributed by atoms with van der Waals surface area (Å²) < 4.78 is 41.2. The maximum Gasteiger partial charge on any atom is 0.261 e. The molecule has 5 nitrogen and oxygen atoms in total. The third-order valence-electron chi connectivity index (χ3n) is 3.66. The number of anilines is 2. The smallest absolute Gasteiger partial charge is 0.261 e. The number of benzene rings is 3. The van der Waals surface area contributed by atoms with Gasteiger partial charge in [0.25, 0.3) is 15.9 Å². The van der Waals surface area contributed by atoms with Crippen LogP contribution < -0.4 is 10.0 Å². The number of halogens is 2. The Kier molecular flexibility index (Phi) is 5.57. The van der Waals surface area contributed by atoms with Crippen molar-refractivity contribution in [1.82, 2.24) is 0 Å². The zero-order valence-corrected chi connectivity index (χ0v) is 16.2. The Morgan fingerprint density at radius 2 is 1.44 bits per heavy atom. The van der Waals surface area contributed by atoms with Crippen molar-refractivity contribution in [1.29, 1.82) is 0 Å². The van der Waals surface area contributed by atoms with Crippen LogP contribution in [0.25, 0.3) is 0 Å². The second-order valence-electron chi connectivity index (χ2n) is 5.54. The predicted molar refractivity (Wildman–Crippen MR) is 106 cm³/mol. The molecule has 1 amide bonds. The number of rotatable bonds is 5. The van der Waals surface area contributed by atoms with Crippen LogP contribution in [0, 0.1) is 5.82 Å². The minimum Gasteiger partial charge on any atom is -0.321 e. The molecule has 0 saturated heterocycles. The molecule has 138 valence electrons. The average molecular weight is 449 g/mol. The monoisotopic (exact) mass is 448 g/mol. The van der Waals surface area contributed by atoms with Crippen LogP contribution in [0.4, 0.5) is 15.8 Å². The first-order chi connectivity index (χ1) is 12.9. The summed E-state index contributed by atoms with van der Waals surface area (Å²) in [6.45, 7) is 0. The number of carbonyl (C=O) groups is 1. The lowest BCUT2D eigenvalue weighted by Gasteiger charge is -2.13. The third-order valence-corrected chi connectivity index (χ3v) is 5.73. The van der Waals surface area contributed by atoms with Crippen LogP contribution in [0.2, 0.25) is 0 Å². The summed E-state index contributed by atoms with van der Waals surface area (Å²) >= 11 is 3.34. The van der Waals surface area contributed by atoms with Crippen molar-refractivity contribution in [3.05, 3.63) is 88.6 Å². The minimum atomic E-state index is -3.97. The van der Waals surface area contributed by atoms with Crippen molar-refractivity contribution < 1.29 is 17.6 Å². The highest BCUT2D eigenvalue weighted by Gasteiger charge is 2.19. The number of hydrogen-bond donors (Lipinski definition) is 2. The largest absolute Gasteiger partial charge is 0.321 e. The van der Waals surface area contributed by atoms with Gasteiger partial charge in [0.15, 0.2) is 0 Å². The summed E-state index contributed by atoms with van der Waals surface area (Å²) in [4.78, 5) is 12.5. The van der Waals surface area contributed by atoms with Gasteiger partial charge >= 0.3 is 0 Å². The summed E-state index contributed by atoms with van der Waals surface area (Å²) in [6, 6.07) is 17.7.